The lowest BCUT2D eigenvalue weighted by molar-refractivity contribution is 0.110. The van der Waals surface area contributed by atoms with Crippen LogP contribution < -0.4 is 15.2 Å². The van der Waals surface area contributed by atoms with Crippen LogP contribution in [0.4, 0.5) is 10.1 Å². The summed E-state index contributed by atoms with van der Waals surface area (Å²) in [5.41, 5.74) is 5.93. The van der Waals surface area contributed by atoms with Gasteiger partial charge in [-0.3, -0.25) is 0 Å². The molecule has 18 heavy (non-hydrogen) atoms. The van der Waals surface area contributed by atoms with E-state index in [-0.39, 0.29) is 11.4 Å². The van der Waals surface area contributed by atoms with E-state index in [9.17, 15) is 4.39 Å². The van der Waals surface area contributed by atoms with Crippen molar-refractivity contribution >= 4 is 5.69 Å². The highest BCUT2D eigenvalue weighted by Gasteiger charge is 2.10. The monoisotopic (exact) mass is 257 g/mol. The predicted molar refractivity (Wildman–Crippen MR) is 68.6 cm³/mol. The average Bonchev–Trinajstić information content (AvgIpc) is 2.35. The fraction of sp³-hybridized carbons (Fsp3) is 0.538. The molecule has 5 heteroatoms. The molecule has 0 aliphatic rings. The molecule has 0 bridgehead atoms. The van der Waals surface area contributed by atoms with E-state index in [1.54, 1.807) is 0 Å². The minimum atomic E-state index is -0.474. The average molecular weight is 257 g/mol. The fourth-order valence-electron chi connectivity index (χ4n) is 1.35. The van der Waals surface area contributed by atoms with Crippen LogP contribution in [0.1, 0.15) is 20.3 Å². The Kier molecular flexibility index (Phi) is 6.28. The van der Waals surface area contributed by atoms with Gasteiger partial charge in [-0.1, -0.05) is 6.92 Å². The van der Waals surface area contributed by atoms with E-state index >= 15 is 0 Å². The van der Waals surface area contributed by atoms with E-state index in [0.717, 1.165) is 6.42 Å². The van der Waals surface area contributed by atoms with Crippen molar-refractivity contribution in [3.05, 3.63) is 17.9 Å². The van der Waals surface area contributed by atoms with Crippen LogP contribution in [0, 0.1) is 5.82 Å². The normalized spacial score (nSPS) is 10.4. The third kappa shape index (κ3) is 4.41. The van der Waals surface area contributed by atoms with E-state index in [1.807, 2.05) is 13.8 Å². The number of nitrogens with two attached hydrogens (primary N) is 1. The number of rotatable bonds is 8. The summed E-state index contributed by atoms with van der Waals surface area (Å²) in [6.07, 6.45) is 0.810. The largest absolute Gasteiger partial charge is 0.490 e. The van der Waals surface area contributed by atoms with Crippen molar-refractivity contribution in [2.45, 2.75) is 20.3 Å². The van der Waals surface area contributed by atoms with Gasteiger partial charge >= 0.3 is 0 Å². The Morgan fingerprint density at radius 3 is 2.44 bits per heavy atom. The summed E-state index contributed by atoms with van der Waals surface area (Å²) in [5.74, 6) is 0.109. The van der Waals surface area contributed by atoms with Crippen molar-refractivity contribution in [3.8, 4) is 11.5 Å². The number of halogens is 1. The Labute approximate surface area is 107 Å². The zero-order valence-electron chi connectivity index (χ0n) is 10.9. The molecule has 2 N–H and O–H groups in total. The van der Waals surface area contributed by atoms with Crippen LogP contribution in [0.25, 0.3) is 0 Å². The van der Waals surface area contributed by atoms with E-state index in [4.69, 9.17) is 19.9 Å². The zero-order chi connectivity index (χ0) is 13.4. The molecule has 0 heterocycles. The molecule has 0 amide bonds. The van der Waals surface area contributed by atoms with Crippen LogP contribution >= 0.6 is 0 Å². The number of benzene rings is 1. The van der Waals surface area contributed by atoms with Gasteiger partial charge in [0, 0.05) is 18.7 Å². The first-order chi connectivity index (χ1) is 8.69. The van der Waals surface area contributed by atoms with Crippen molar-refractivity contribution in [2.24, 2.45) is 0 Å². The summed E-state index contributed by atoms with van der Waals surface area (Å²) in [7, 11) is 0. The molecule has 0 aromatic heterocycles. The first kappa shape index (κ1) is 14.6. The Morgan fingerprint density at radius 2 is 1.78 bits per heavy atom. The van der Waals surface area contributed by atoms with E-state index in [0.29, 0.717) is 32.2 Å². The molecule has 0 aliphatic carbocycles. The Morgan fingerprint density at radius 1 is 1.06 bits per heavy atom. The molecular weight excluding hydrogens is 237 g/mol. The molecule has 0 spiro atoms. The summed E-state index contributed by atoms with van der Waals surface area (Å²) in [4.78, 5) is 0. The van der Waals surface area contributed by atoms with Crippen molar-refractivity contribution in [1.29, 1.82) is 0 Å². The lowest BCUT2D eigenvalue weighted by atomic mass is 10.2. The maximum Gasteiger partial charge on any atom is 0.167 e. The molecule has 0 unspecified atom stereocenters. The van der Waals surface area contributed by atoms with Gasteiger partial charge in [0.1, 0.15) is 12.4 Å². The van der Waals surface area contributed by atoms with Gasteiger partial charge in [0.2, 0.25) is 0 Å². The highest BCUT2D eigenvalue weighted by Crippen LogP contribution is 2.30. The molecule has 1 rings (SSSR count). The lowest BCUT2D eigenvalue weighted by Gasteiger charge is -2.12. The van der Waals surface area contributed by atoms with Crippen molar-refractivity contribution < 1.29 is 18.6 Å². The second kappa shape index (κ2) is 7.76. The van der Waals surface area contributed by atoms with Crippen molar-refractivity contribution in [2.75, 3.05) is 32.2 Å². The molecule has 102 valence electrons. The maximum absolute atomic E-state index is 13.5. The third-order valence-corrected chi connectivity index (χ3v) is 2.22. The second-order valence-corrected chi connectivity index (χ2v) is 3.71. The SMILES string of the molecule is CCCOc1cc(OCCOCC)c(N)cc1F. The summed E-state index contributed by atoms with van der Waals surface area (Å²) in [6.45, 7) is 5.79. The van der Waals surface area contributed by atoms with E-state index < -0.39 is 5.82 Å². The van der Waals surface area contributed by atoms with Crippen LogP contribution in [0.15, 0.2) is 12.1 Å². The molecule has 1 aromatic rings. The van der Waals surface area contributed by atoms with Gasteiger partial charge in [-0.25, -0.2) is 4.39 Å². The predicted octanol–water partition coefficient (Wildman–Crippen LogP) is 2.61. The number of ether oxygens (including phenoxy) is 3. The van der Waals surface area contributed by atoms with E-state index in [1.165, 1.54) is 12.1 Å². The van der Waals surface area contributed by atoms with Crippen LogP contribution in [0.2, 0.25) is 0 Å². The van der Waals surface area contributed by atoms with Crippen LogP contribution in [-0.4, -0.2) is 26.4 Å². The van der Waals surface area contributed by atoms with Gasteiger partial charge in [0.15, 0.2) is 11.6 Å². The number of anilines is 1. The molecule has 4 nitrogen and oxygen atoms in total. The minimum absolute atomic E-state index is 0.164. The van der Waals surface area contributed by atoms with Crippen molar-refractivity contribution in [3.63, 3.8) is 0 Å². The second-order valence-electron chi connectivity index (χ2n) is 3.71. The van der Waals surface area contributed by atoms with Gasteiger partial charge in [0.25, 0.3) is 0 Å². The molecule has 0 radical (unpaired) electrons. The Hall–Kier alpha value is -1.49. The van der Waals surface area contributed by atoms with Gasteiger partial charge in [-0.15, -0.1) is 0 Å². The third-order valence-electron chi connectivity index (χ3n) is 2.22. The smallest absolute Gasteiger partial charge is 0.167 e. The molecule has 1 aromatic carbocycles. The fourth-order valence-corrected chi connectivity index (χ4v) is 1.35. The van der Waals surface area contributed by atoms with Crippen LogP contribution in [0.3, 0.4) is 0 Å². The first-order valence-corrected chi connectivity index (χ1v) is 6.11. The summed E-state index contributed by atoms with van der Waals surface area (Å²) < 4.78 is 29.3. The van der Waals surface area contributed by atoms with Gasteiger partial charge in [-0.05, 0) is 13.3 Å². The number of hydrogen-bond donors (Lipinski definition) is 1. The van der Waals surface area contributed by atoms with Gasteiger partial charge < -0.3 is 19.9 Å². The molecule has 0 atom stereocenters. The molecular formula is C13H20FNO3. The summed E-state index contributed by atoms with van der Waals surface area (Å²) in [6, 6.07) is 2.69. The molecule has 0 fully saturated rings. The zero-order valence-corrected chi connectivity index (χ0v) is 10.9. The topological polar surface area (TPSA) is 53.7 Å². The Balaban J connectivity index is 2.65. The standard InChI is InChI=1S/C13H20FNO3/c1-3-5-17-12-9-13(11(15)8-10(12)14)18-7-6-16-4-2/h8-9H,3-7,15H2,1-2H3. The highest BCUT2D eigenvalue weighted by molar-refractivity contribution is 5.56. The molecule has 0 aliphatic heterocycles. The van der Waals surface area contributed by atoms with Gasteiger partial charge in [0.05, 0.1) is 18.9 Å². The van der Waals surface area contributed by atoms with Gasteiger partial charge in [-0.2, -0.15) is 0 Å². The molecule has 0 saturated carbocycles. The molecule has 0 saturated heterocycles. The maximum atomic E-state index is 13.5. The summed E-state index contributed by atoms with van der Waals surface area (Å²) >= 11 is 0. The van der Waals surface area contributed by atoms with E-state index in [2.05, 4.69) is 0 Å². The number of nitrogen functional groups attached to an aromatic ring is 1. The van der Waals surface area contributed by atoms with Crippen molar-refractivity contribution in [1.82, 2.24) is 0 Å². The summed E-state index contributed by atoms with van der Waals surface area (Å²) in [5, 5.41) is 0. The van der Waals surface area contributed by atoms with Crippen LogP contribution in [-0.2, 0) is 4.74 Å². The number of hydrogen-bond acceptors (Lipinski definition) is 4. The van der Waals surface area contributed by atoms with Crippen LogP contribution in [0.5, 0.6) is 11.5 Å². The first-order valence-electron chi connectivity index (χ1n) is 6.11. The Bertz CT molecular complexity index is 371. The quantitative estimate of drug-likeness (QED) is 0.574. The lowest BCUT2D eigenvalue weighted by Crippen LogP contribution is -2.08. The minimum Gasteiger partial charge on any atom is -0.490 e. The highest BCUT2D eigenvalue weighted by atomic mass is 19.1.